The second-order valence-electron chi connectivity index (χ2n) is 3.59. The van der Waals surface area contributed by atoms with Crippen LogP contribution in [0.15, 0.2) is 15.8 Å². The Morgan fingerprint density at radius 2 is 2.31 bits per heavy atom. The third-order valence-corrected chi connectivity index (χ3v) is 3.48. The van der Waals surface area contributed by atoms with Gasteiger partial charge >= 0.3 is 5.69 Å². The third-order valence-electron chi connectivity index (χ3n) is 2.49. The summed E-state index contributed by atoms with van der Waals surface area (Å²) in [5.74, 6) is 0. The molecule has 1 N–H and O–H groups in total. The summed E-state index contributed by atoms with van der Waals surface area (Å²) in [7, 11) is 0. The fraction of sp³-hybridized carbons (Fsp3) is 0.556. The summed E-state index contributed by atoms with van der Waals surface area (Å²) in [6.45, 7) is 0. The second kappa shape index (κ2) is 4.73. The topological polar surface area (TPSA) is 64.1 Å². The van der Waals surface area contributed by atoms with Crippen LogP contribution >= 0.6 is 27.5 Å². The molecule has 1 aromatic heterocycles. The minimum absolute atomic E-state index is 0.00880. The zero-order valence-electron chi connectivity index (χ0n) is 8.28. The van der Waals surface area contributed by atoms with Crippen LogP contribution in [-0.2, 0) is 4.74 Å². The molecule has 2 rings (SSSR count). The Balaban J connectivity index is 2.32. The minimum atomic E-state index is -0.571. The second-order valence-corrected chi connectivity index (χ2v) is 4.64. The Morgan fingerprint density at radius 3 is 2.94 bits per heavy atom. The van der Waals surface area contributed by atoms with Crippen molar-refractivity contribution < 1.29 is 4.74 Å². The quantitative estimate of drug-likeness (QED) is 0.837. The van der Waals surface area contributed by atoms with Gasteiger partial charge in [-0.1, -0.05) is 27.5 Å². The molecule has 1 aliphatic rings. The molecule has 1 fully saturated rings. The molecular weight excluding hydrogens is 299 g/mol. The number of aromatic nitrogens is 2. The number of nitrogens with one attached hydrogen (secondary N) is 1. The standard InChI is InChI=1S/C9H10BrClN2O3/c10-3-5-1-2-7(16-5)13-4-6(11)8(14)12-9(13)15/h4-5,7H,1-3H2,(H,12,14,15)/t5-,7-/m1/s1. The fourth-order valence-electron chi connectivity index (χ4n) is 1.68. The first-order valence-corrected chi connectivity index (χ1v) is 6.34. The first-order valence-electron chi connectivity index (χ1n) is 4.84. The largest absolute Gasteiger partial charge is 0.354 e. The molecule has 2 heterocycles. The van der Waals surface area contributed by atoms with E-state index in [-0.39, 0.29) is 17.4 Å². The summed E-state index contributed by atoms with van der Waals surface area (Å²) < 4.78 is 6.93. The summed E-state index contributed by atoms with van der Waals surface area (Å²) in [6, 6.07) is 0. The summed E-state index contributed by atoms with van der Waals surface area (Å²) in [4.78, 5) is 24.8. The van der Waals surface area contributed by atoms with E-state index in [0.717, 1.165) is 18.2 Å². The number of ether oxygens (including phenoxy) is 1. The monoisotopic (exact) mass is 308 g/mol. The van der Waals surface area contributed by atoms with E-state index >= 15 is 0 Å². The lowest BCUT2D eigenvalue weighted by Crippen LogP contribution is -2.32. The predicted octanol–water partition coefficient (Wildman–Crippen LogP) is 1.26. The SMILES string of the molecule is O=c1[nH]c(=O)n([C@H]2CC[C@H](CBr)O2)cc1Cl. The highest BCUT2D eigenvalue weighted by Gasteiger charge is 2.26. The van der Waals surface area contributed by atoms with Crippen LogP contribution in [0, 0.1) is 0 Å². The van der Waals surface area contributed by atoms with Crippen molar-refractivity contribution in [2.75, 3.05) is 5.33 Å². The Bertz CT molecular complexity index is 498. The molecule has 0 aliphatic carbocycles. The number of aromatic amines is 1. The Kier molecular flexibility index (Phi) is 3.51. The molecule has 0 amide bonds. The van der Waals surface area contributed by atoms with Gasteiger partial charge in [0, 0.05) is 11.5 Å². The van der Waals surface area contributed by atoms with Crippen molar-refractivity contribution in [3.8, 4) is 0 Å². The molecule has 1 aliphatic heterocycles. The van der Waals surface area contributed by atoms with Gasteiger partial charge in [-0.25, -0.2) is 4.79 Å². The highest BCUT2D eigenvalue weighted by molar-refractivity contribution is 9.09. The molecule has 88 valence electrons. The summed E-state index contributed by atoms with van der Waals surface area (Å²) in [6.07, 6.45) is 2.69. The molecule has 0 aromatic carbocycles. The molecule has 1 saturated heterocycles. The average molecular weight is 310 g/mol. The van der Waals surface area contributed by atoms with E-state index in [1.54, 1.807) is 0 Å². The van der Waals surface area contributed by atoms with Gasteiger partial charge in [0.2, 0.25) is 0 Å². The number of hydrogen-bond donors (Lipinski definition) is 1. The third kappa shape index (κ3) is 2.23. The van der Waals surface area contributed by atoms with Gasteiger partial charge in [-0.2, -0.15) is 0 Å². The maximum atomic E-state index is 11.5. The van der Waals surface area contributed by atoms with Crippen molar-refractivity contribution in [1.29, 1.82) is 0 Å². The molecule has 1 aromatic rings. The molecule has 16 heavy (non-hydrogen) atoms. The van der Waals surface area contributed by atoms with Crippen LogP contribution in [0.25, 0.3) is 0 Å². The zero-order chi connectivity index (χ0) is 11.7. The van der Waals surface area contributed by atoms with Gasteiger partial charge in [-0.3, -0.25) is 14.3 Å². The van der Waals surface area contributed by atoms with Crippen LogP contribution in [0.3, 0.4) is 0 Å². The molecule has 0 spiro atoms. The molecule has 2 atom stereocenters. The molecular formula is C9H10BrClN2O3. The lowest BCUT2D eigenvalue weighted by molar-refractivity contribution is 0.0105. The van der Waals surface area contributed by atoms with Crippen molar-refractivity contribution in [2.24, 2.45) is 0 Å². The normalized spacial score (nSPS) is 24.9. The molecule has 0 saturated carbocycles. The number of nitrogens with zero attached hydrogens (tertiary/aromatic N) is 1. The summed E-state index contributed by atoms with van der Waals surface area (Å²) in [5.41, 5.74) is -1.06. The van der Waals surface area contributed by atoms with Gasteiger partial charge in [0.25, 0.3) is 5.56 Å². The molecule has 5 nitrogen and oxygen atoms in total. The molecule has 0 radical (unpaired) electrons. The van der Waals surface area contributed by atoms with Gasteiger partial charge in [0.15, 0.2) is 0 Å². The van der Waals surface area contributed by atoms with Crippen LogP contribution in [0.2, 0.25) is 5.02 Å². The van der Waals surface area contributed by atoms with Crippen molar-refractivity contribution in [3.63, 3.8) is 0 Å². The van der Waals surface area contributed by atoms with E-state index in [2.05, 4.69) is 20.9 Å². The van der Waals surface area contributed by atoms with E-state index in [0.29, 0.717) is 0 Å². The van der Waals surface area contributed by atoms with E-state index in [1.807, 2.05) is 0 Å². The van der Waals surface area contributed by atoms with Gasteiger partial charge in [0.05, 0.1) is 6.10 Å². The summed E-state index contributed by atoms with van der Waals surface area (Å²) in [5, 5.41) is 0.723. The Hall–Kier alpha value is -0.590. The molecule has 0 unspecified atom stereocenters. The molecule has 7 heteroatoms. The lowest BCUT2D eigenvalue weighted by Gasteiger charge is -2.14. The van der Waals surface area contributed by atoms with Crippen LogP contribution < -0.4 is 11.2 Å². The number of halogens is 2. The van der Waals surface area contributed by atoms with Crippen LogP contribution in [0.5, 0.6) is 0 Å². The van der Waals surface area contributed by atoms with Crippen molar-refractivity contribution in [1.82, 2.24) is 9.55 Å². The average Bonchev–Trinajstić information content (AvgIpc) is 2.71. The predicted molar refractivity (Wildman–Crippen MR) is 63.3 cm³/mol. The van der Waals surface area contributed by atoms with Crippen LogP contribution in [0.4, 0.5) is 0 Å². The van der Waals surface area contributed by atoms with E-state index in [9.17, 15) is 9.59 Å². The first kappa shape index (κ1) is 11.9. The van der Waals surface area contributed by atoms with Crippen molar-refractivity contribution in [3.05, 3.63) is 32.1 Å². The number of alkyl halides is 1. The Labute approximate surface area is 105 Å². The highest BCUT2D eigenvalue weighted by atomic mass is 79.9. The van der Waals surface area contributed by atoms with Gasteiger partial charge in [0.1, 0.15) is 11.3 Å². The van der Waals surface area contributed by atoms with E-state index in [4.69, 9.17) is 16.3 Å². The number of hydrogen-bond acceptors (Lipinski definition) is 3. The lowest BCUT2D eigenvalue weighted by atomic mass is 10.2. The fourth-order valence-corrected chi connectivity index (χ4v) is 2.31. The van der Waals surface area contributed by atoms with Crippen LogP contribution in [-0.4, -0.2) is 21.0 Å². The Morgan fingerprint density at radius 1 is 1.56 bits per heavy atom. The van der Waals surface area contributed by atoms with E-state index < -0.39 is 11.2 Å². The maximum absolute atomic E-state index is 11.5. The highest BCUT2D eigenvalue weighted by Crippen LogP contribution is 2.27. The van der Waals surface area contributed by atoms with Crippen molar-refractivity contribution in [2.45, 2.75) is 25.2 Å². The van der Waals surface area contributed by atoms with Gasteiger partial charge in [-0.15, -0.1) is 0 Å². The number of H-pyrrole nitrogens is 1. The molecule has 0 bridgehead atoms. The maximum Gasteiger partial charge on any atom is 0.330 e. The first-order chi connectivity index (χ1) is 7.61. The van der Waals surface area contributed by atoms with E-state index in [1.165, 1.54) is 10.8 Å². The number of rotatable bonds is 2. The summed E-state index contributed by atoms with van der Waals surface area (Å²) >= 11 is 8.99. The van der Waals surface area contributed by atoms with Crippen LogP contribution in [0.1, 0.15) is 19.1 Å². The smallest absolute Gasteiger partial charge is 0.330 e. The van der Waals surface area contributed by atoms with Gasteiger partial charge in [-0.05, 0) is 12.8 Å². The van der Waals surface area contributed by atoms with Gasteiger partial charge < -0.3 is 4.74 Å². The minimum Gasteiger partial charge on any atom is -0.354 e. The zero-order valence-corrected chi connectivity index (χ0v) is 10.6. The van der Waals surface area contributed by atoms with Crippen molar-refractivity contribution >= 4 is 27.5 Å².